The van der Waals surface area contributed by atoms with Gasteiger partial charge in [-0.25, -0.2) is 0 Å². The summed E-state index contributed by atoms with van der Waals surface area (Å²) < 4.78 is 0. The van der Waals surface area contributed by atoms with Crippen molar-refractivity contribution in [3.05, 3.63) is 35.4 Å². The number of nitrogens with one attached hydrogen (secondary N) is 2. The lowest BCUT2D eigenvalue weighted by atomic mass is 10.0. The maximum atomic E-state index is 12.3. The third-order valence-corrected chi connectivity index (χ3v) is 4.29. The Bertz CT molecular complexity index is 505. The molecule has 2 N–H and O–H groups in total. The normalized spacial score (nSPS) is 23.5. The molecule has 0 amide bonds. The van der Waals surface area contributed by atoms with E-state index in [1.54, 1.807) is 12.1 Å². The average molecular weight is 291 g/mol. The lowest BCUT2D eigenvalue weighted by Crippen LogP contribution is -3.29. The lowest BCUT2D eigenvalue weighted by Gasteiger charge is -2.33. The van der Waals surface area contributed by atoms with E-state index in [4.69, 9.17) is 0 Å². The van der Waals surface area contributed by atoms with Crippen LogP contribution < -0.4 is 14.9 Å². The summed E-state index contributed by atoms with van der Waals surface area (Å²) in [4.78, 5) is 26.0. The van der Waals surface area contributed by atoms with Crippen molar-refractivity contribution in [3.63, 3.8) is 0 Å². The molecular formula is C16H23N2O3+. The van der Waals surface area contributed by atoms with E-state index < -0.39 is 12.0 Å². The second-order valence-electron chi connectivity index (χ2n) is 5.98. The number of aryl methyl sites for hydroxylation is 1. The summed E-state index contributed by atoms with van der Waals surface area (Å²) in [6.07, 6.45) is 0.0137. The van der Waals surface area contributed by atoms with E-state index in [1.807, 2.05) is 19.1 Å². The van der Waals surface area contributed by atoms with Gasteiger partial charge in [-0.1, -0.05) is 29.8 Å². The number of rotatable bonds is 5. The number of benzene rings is 1. The molecule has 1 atom stereocenters. The van der Waals surface area contributed by atoms with E-state index >= 15 is 0 Å². The molecule has 5 heteroatoms. The van der Waals surface area contributed by atoms with Crippen molar-refractivity contribution in [2.75, 3.05) is 33.2 Å². The van der Waals surface area contributed by atoms with Gasteiger partial charge in [-0.3, -0.25) is 4.79 Å². The summed E-state index contributed by atoms with van der Waals surface area (Å²) in [7, 11) is 2.10. The zero-order valence-corrected chi connectivity index (χ0v) is 12.6. The van der Waals surface area contributed by atoms with Gasteiger partial charge in [0.2, 0.25) is 0 Å². The van der Waals surface area contributed by atoms with Crippen molar-refractivity contribution in [1.29, 1.82) is 0 Å². The van der Waals surface area contributed by atoms with Crippen molar-refractivity contribution in [3.8, 4) is 0 Å². The fourth-order valence-corrected chi connectivity index (χ4v) is 2.78. The molecule has 0 unspecified atom stereocenters. The molecule has 2 rings (SSSR count). The molecule has 1 aliphatic rings. The van der Waals surface area contributed by atoms with Crippen LogP contribution in [0.3, 0.4) is 0 Å². The summed E-state index contributed by atoms with van der Waals surface area (Å²) in [6.45, 7) is 5.35. The first kappa shape index (κ1) is 15.7. The maximum absolute atomic E-state index is 12.3. The van der Waals surface area contributed by atoms with Gasteiger partial charge in [0.25, 0.3) is 0 Å². The van der Waals surface area contributed by atoms with Crippen LogP contribution in [0.2, 0.25) is 0 Å². The Morgan fingerprint density at radius 3 is 2.24 bits per heavy atom. The number of piperazine rings is 1. The van der Waals surface area contributed by atoms with Crippen LogP contribution in [-0.2, 0) is 4.79 Å². The molecule has 114 valence electrons. The molecule has 1 aromatic carbocycles. The fourth-order valence-electron chi connectivity index (χ4n) is 2.78. The van der Waals surface area contributed by atoms with Gasteiger partial charge < -0.3 is 19.7 Å². The molecule has 1 fully saturated rings. The molecule has 1 aromatic rings. The Morgan fingerprint density at radius 2 is 1.71 bits per heavy atom. The van der Waals surface area contributed by atoms with Crippen LogP contribution in [-0.4, -0.2) is 51.0 Å². The summed E-state index contributed by atoms with van der Waals surface area (Å²) in [5.41, 5.74) is 1.65. The third-order valence-electron chi connectivity index (χ3n) is 4.29. The molecule has 1 saturated heterocycles. The van der Waals surface area contributed by atoms with Gasteiger partial charge in [-0.2, -0.15) is 0 Å². The van der Waals surface area contributed by atoms with E-state index in [0.717, 1.165) is 36.6 Å². The number of quaternary nitrogens is 2. The molecule has 1 aliphatic heterocycles. The molecule has 21 heavy (non-hydrogen) atoms. The van der Waals surface area contributed by atoms with E-state index in [0.29, 0.717) is 5.56 Å². The Morgan fingerprint density at radius 1 is 1.14 bits per heavy atom. The minimum Gasteiger partial charge on any atom is -0.544 e. The van der Waals surface area contributed by atoms with Crippen LogP contribution in [0.1, 0.15) is 22.3 Å². The van der Waals surface area contributed by atoms with Gasteiger partial charge in [-0.15, -0.1) is 0 Å². The van der Waals surface area contributed by atoms with E-state index in [2.05, 4.69) is 7.05 Å². The zero-order valence-electron chi connectivity index (χ0n) is 12.6. The van der Waals surface area contributed by atoms with Crippen LogP contribution in [0.5, 0.6) is 0 Å². The number of ketones is 1. The fraction of sp³-hybridized carbons (Fsp3) is 0.500. The molecule has 0 saturated carbocycles. The van der Waals surface area contributed by atoms with Crippen LogP contribution in [0.4, 0.5) is 0 Å². The minimum atomic E-state index is -1.12. The average Bonchev–Trinajstić information content (AvgIpc) is 2.46. The van der Waals surface area contributed by atoms with Crippen LogP contribution in [0, 0.1) is 6.92 Å². The Balaban J connectivity index is 2.04. The lowest BCUT2D eigenvalue weighted by molar-refractivity contribution is -1.01. The van der Waals surface area contributed by atoms with Crippen molar-refractivity contribution in [2.45, 2.75) is 19.4 Å². The predicted octanol–water partition coefficient (Wildman–Crippen LogP) is -2.90. The first-order chi connectivity index (χ1) is 9.97. The number of hydrogen-bond acceptors (Lipinski definition) is 3. The number of aliphatic carboxylic acids is 1. The Hall–Kier alpha value is -1.72. The molecule has 0 bridgehead atoms. The van der Waals surface area contributed by atoms with Gasteiger partial charge in [-0.05, 0) is 6.92 Å². The third kappa shape index (κ3) is 4.12. The topological polar surface area (TPSA) is 66.1 Å². The molecule has 0 spiro atoms. The SMILES string of the molecule is Cc1ccc(C(=O)C[C@H](C(=O)[O-])[NH+]2CC[NH+](C)CC2)cc1. The van der Waals surface area contributed by atoms with Crippen molar-refractivity contribution >= 4 is 11.8 Å². The van der Waals surface area contributed by atoms with Crippen molar-refractivity contribution in [2.24, 2.45) is 0 Å². The van der Waals surface area contributed by atoms with Gasteiger partial charge in [0.1, 0.15) is 32.2 Å². The monoisotopic (exact) mass is 291 g/mol. The van der Waals surface area contributed by atoms with E-state index in [9.17, 15) is 14.7 Å². The van der Waals surface area contributed by atoms with Gasteiger partial charge in [0.05, 0.1) is 19.4 Å². The number of carboxylic acids is 1. The number of carbonyl (C=O) groups is 2. The highest BCUT2D eigenvalue weighted by Gasteiger charge is 2.30. The molecular weight excluding hydrogens is 268 g/mol. The van der Waals surface area contributed by atoms with E-state index in [1.165, 1.54) is 4.90 Å². The highest BCUT2D eigenvalue weighted by molar-refractivity contribution is 5.98. The number of hydrogen-bond donors (Lipinski definition) is 2. The summed E-state index contributed by atoms with van der Waals surface area (Å²) in [5.74, 6) is -1.24. The van der Waals surface area contributed by atoms with Gasteiger partial charge >= 0.3 is 0 Å². The summed E-state index contributed by atoms with van der Waals surface area (Å²) >= 11 is 0. The number of likely N-dealkylation sites (N-methyl/N-ethyl adjacent to an activating group) is 1. The summed E-state index contributed by atoms with van der Waals surface area (Å²) in [6, 6.07) is 6.51. The maximum Gasteiger partial charge on any atom is 0.169 e. The summed E-state index contributed by atoms with van der Waals surface area (Å²) in [5, 5.41) is 11.4. The number of carboxylic acid groups (broad SMARTS) is 1. The second kappa shape index (κ2) is 6.83. The zero-order chi connectivity index (χ0) is 15.4. The van der Waals surface area contributed by atoms with E-state index in [-0.39, 0.29) is 12.2 Å². The molecule has 0 aliphatic carbocycles. The minimum absolute atomic E-state index is 0.0137. The largest absolute Gasteiger partial charge is 0.544 e. The smallest absolute Gasteiger partial charge is 0.169 e. The molecule has 1 heterocycles. The Labute approximate surface area is 125 Å². The van der Waals surface area contributed by atoms with Gasteiger partial charge in [0, 0.05) is 5.56 Å². The van der Waals surface area contributed by atoms with Crippen LogP contribution >= 0.6 is 0 Å². The number of carbonyl (C=O) groups excluding carboxylic acids is 2. The highest BCUT2D eigenvalue weighted by Crippen LogP contribution is 2.07. The Kier molecular flexibility index (Phi) is 5.09. The van der Waals surface area contributed by atoms with Crippen LogP contribution in [0.25, 0.3) is 0 Å². The van der Waals surface area contributed by atoms with Gasteiger partial charge in [0.15, 0.2) is 5.78 Å². The first-order valence-corrected chi connectivity index (χ1v) is 7.44. The van der Waals surface area contributed by atoms with Crippen molar-refractivity contribution in [1.82, 2.24) is 0 Å². The van der Waals surface area contributed by atoms with Crippen LogP contribution in [0.15, 0.2) is 24.3 Å². The second-order valence-corrected chi connectivity index (χ2v) is 5.98. The highest BCUT2D eigenvalue weighted by atomic mass is 16.4. The number of Topliss-reactive ketones (excluding diaryl/α,β-unsaturated/α-hetero) is 1. The standard InChI is InChI=1S/C16H22N2O3/c1-12-3-5-13(6-4-12)15(19)11-14(16(20)21)18-9-7-17(2)8-10-18/h3-6,14H,7-11H2,1-2H3,(H,20,21)/p+1/t14-/m1/s1. The van der Waals surface area contributed by atoms with Crippen molar-refractivity contribution < 1.29 is 24.5 Å². The first-order valence-electron chi connectivity index (χ1n) is 7.44. The molecule has 0 radical (unpaired) electrons. The predicted molar refractivity (Wildman–Crippen MR) is 76.2 cm³/mol. The quantitative estimate of drug-likeness (QED) is 0.572. The molecule has 0 aromatic heterocycles. The molecule has 5 nitrogen and oxygen atoms in total.